The number of nitrogens with one attached hydrogen (secondary N) is 1. The molecule has 18 heavy (non-hydrogen) atoms. The van der Waals surface area contributed by atoms with E-state index in [-0.39, 0.29) is 5.91 Å². The number of carbonyl (C=O) groups is 1. The van der Waals surface area contributed by atoms with Gasteiger partial charge in [-0.25, -0.2) is 0 Å². The summed E-state index contributed by atoms with van der Waals surface area (Å²) in [6.07, 6.45) is 1.71. The molecule has 0 aliphatic heterocycles. The molecule has 0 aliphatic carbocycles. The van der Waals surface area contributed by atoms with E-state index >= 15 is 0 Å². The number of benzene rings is 1. The van der Waals surface area contributed by atoms with E-state index in [4.69, 9.17) is 0 Å². The molecule has 0 fully saturated rings. The first kappa shape index (κ1) is 13.5. The smallest absolute Gasteiger partial charge is 0.252 e. The highest BCUT2D eigenvalue weighted by Gasteiger charge is 2.10. The first-order valence-electron chi connectivity index (χ1n) is 5.30. The third-order valence-corrected chi connectivity index (χ3v) is 3.76. The molecule has 0 aliphatic rings. The van der Waals surface area contributed by atoms with E-state index in [9.17, 15) is 4.79 Å². The number of amides is 1. The van der Waals surface area contributed by atoms with Crippen molar-refractivity contribution in [2.45, 2.75) is 6.54 Å². The quantitative estimate of drug-likeness (QED) is 0.779. The third kappa shape index (κ3) is 3.52. The van der Waals surface area contributed by atoms with E-state index in [1.54, 1.807) is 6.20 Å². The van der Waals surface area contributed by atoms with Crippen molar-refractivity contribution < 1.29 is 4.79 Å². The molecule has 1 amide bonds. The van der Waals surface area contributed by atoms with Crippen LogP contribution in [-0.2, 0) is 6.54 Å². The fourth-order valence-electron chi connectivity index (χ4n) is 1.44. The minimum Gasteiger partial charge on any atom is -0.346 e. The maximum Gasteiger partial charge on any atom is 0.252 e. The van der Waals surface area contributed by atoms with Crippen LogP contribution in [0.1, 0.15) is 16.1 Å². The molecular formula is C13H10BrIN2O. The molecule has 0 saturated carbocycles. The first-order valence-corrected chi connectivity index (χ1v) is 7.17. The number of rotatable bonds is 3. The highest BCUT2D eigenvalue weighted by Crippen LogP contribution is 2.18. The summed E-state index contributed by atoms with van der Waals surface area (Å²) in [6.45, 7) is 0.433. The van der Waals surface area contributed by atoms with Gasteiger partial charge in [0.2, 0.25) is 0 Å². The second-order valence-corrected chi connectivity index (χ2v) is 5.71. The average Bonchev–Trinajstić information content (AvgIpc) is 2.40. The van der Waals surface area contributed by atoms with Crippen molar-refractivity contribution >= 4 is 44.4 Å². The molecule has 2 aromatic rings. The molecule has 0 radical (unpaired) electrons. The fourth-order valence-corrected chi connectivity index (χ4v) is 2.38. The molecule has 0 saturated heterocycles. The predicted molar refractivity (Wildman–Crippen MR) is 82.3 cm³/mol. The van der Waals surface area contributed by atoms with Crippen molar-refractivity contribution in [3.8, 4) is 0 Å². The van der Waals surface area contributed by atoms with Gasteiger partial charge in [0.15, 0.2) is 0 Å². The summed E-state index contributed by atoms with van der Waals surface area (Å²) in [4.78, 5) is 16.2. The Kier molecular flexibility index (Phi) is 4.71. The normalized spacial score (nSPS) is 10.1. The number of halogens is 2. The van der Waals surface area contributed by atoms with Crippen LogP contribution in [0.15, 0.2) is 47.1 Å². The van der Waals surface area contributed by atoms with E-state index in [2.05, 4.69) is 48.8 Å². The topological polar surface area (TPSA) is 42.0 Å². The molecule has 1 aromatic carbocycles. The van der Waals surface area contributed by atoms with Crippen LogP contribution < -0.4 is 5.32 Å². The van der Waals surface area contributed by atoms with Crippen LogP contribution in [0.5, 0.6) is 0 Å². The lowest BCUT2D eigenvalue weighted by Crippen LogP contribution is -2.24. The molecule has 0 atom stereocenters. The van der Waals surface area contributed by atoms with Crippen LogP contribution in [0.4, 0.5) is 0 Å². The first-order chi connectivity index (χ1) is 8.66. The summed E-state index contributed by atoms with van der Waals surface area (Å²) in [5, 5.41) is 2.86. The van der Waals surface area contributed by atoms with Gasteiger partial charge in [-0.3, -0.25) is 9.78 Å². The van der Waals surface area contributed by atoms with E-state index in [1.807, 2.05) is 36.4 Å². The average molecular weight is 417 g/mol. The standard InChI is InChI=1S/C13H10BrIN2O/c14-9-4-5-12(15)11(7-9)13(18)17-8-10-3-1-2-6-16-10/h1-7H,8H2,(H,17,18). The molecule has 5 heteroatoms. The Morgan fingerprint density at radius 1 is 1.33 bits per heavy atom. The Morgan fingerprint density at radius 3 is 2.89 bits per heavy atom. The van der Waals surface area contributed by atoms with Gasteiger partial charge in [-0.1, -0.05) is 22.0 Å². The van der Waals surface area contributed by atoms with Crippen molar-refractivity contribution in [3.05, 3.63) is 61.9 Å². The van der Waals surface area contributed by atoms with Crippen LogP contribution in [0, 0.1) is 3.57 Å². The van der Waals surface area contributed by atoms with Crippen LogP contribution >= 0.6 is 38.5 Å². The van der Waals surface area contributed by atoms with E-state index < -0.39 is 0 Å². The van der Waals surface area contributed by atoms with Gasteiger partial charge < -0.3 is 5.32 Å². The summed E-state index contributed by atoms with van der Waals surface area (Å²) in [6, 6.07) is 11.3. The monoisotopic (exact) mass is 416 g/mol. The Hall–Kier alpha value is -0.950. The van der Waals surface area contributed by atoms with Gasteiger partial charge in [0.1, 0.15) is 0 Å². The van der Waals surface area contributed by atoms with Crippen molar-refractivity contribution in [1.29, 1.82) is 0 Å². The molecule has 92 valence electrons. The number of pyridine rings is 1. The highest BCUT2D eigenvalue weighted by molar-refractivity contribution is 14.1. The van der Waals surface area contributed by atoms with Crippen LogP contribution in [0.2, 0.25) is 0 Å². The fraction of sp³-hybridized carbons (Fsp3) is 0.0769. The van der Waals surface area contributed by atoms with Gasteiger partial charge in [0.05, 0.1) is 17.8 Å². The second-order valence-electron chi connectivity index (χ2n) is 3.63. The molecule has 1 heterocycles. The Balaban J connectivity index is 2.06. The minimum atomic E-state index is -0.0913. The molecule has 2 rings (SSSR count). The SMILES string of the molecule is O=C(NCc1ccccn1)c1cc(Br)ccc1I. The van der Waals surface area contributed by atoms with E-state index in [0.717, 1.165) is 13.7 Å². The maximum atomic E-state index is 12.0. The number of aromatic nitrogens is 1. The van der Waals surface area contributed by atoms with Gasteiger partial charge in [0, 0.05) is 14.2 Å². The summed E-state index contributed by atoms with van der Waals surface area (Å²) >= 11 is 5.51. The van der Waals surface area contributed by atoms with Gasteiger partial charge >= 0.3 is 0 Å². The van der Waals surface area contributed by atoms with Gasteiger partial charge in [-0.2, -0.15) is 0 Å². The Morgan fingerprint density at radius 2 is 2.17 bits per heavy atom. The zero-order valence-corrected chi connectivity index (χ0v) is 13.1. The lowest BCUT2D eigenvalue weighted by molar-refractivity contribution is 0.0949. The second kappa shape index (κ2) is 6.29. The molecule has 3 nitrogen and oxygen atoms in total. The molecule has 0 unspecified atom stereocenters. The number of carbonyl (C=O) groups excluding carboxylic acids is 1. The number of hydrogen-bond acceptors (Lipinski definition) is 2. The zero-order chi connectivity index (χ0) is 13.0. The predicted octanol–water partition coefficient (Wildman–Crippen LogP) is 3.38. The van der Waals surface area contributed by atoms with E-state index in [1.165, 1.54) is 0 Å². The minimum absolute atomic E-state index is 0.0913. The summed E-state index contributed by atoms with van der Waals surface area (Å²) in [7, 11) is 0. The molecular weight excluding hydrogens is 407 g/mol. The van der Waals surface area contributed by atoms with Crippen LogP contribution in [-0.4, -0.2) is 10.9 Å². The lowest BCUT2D eigenvalue weighted by atomic mass is 10.2. The Bertz CT molecular complexity index is 560. The molecule has 0 bridgehead atoms. The largest absolute Gasteiger partial charge is 0.346 e. The third-order valence-electron chi connectivity index (χ3n) is 2.33. The number of nitrogens with zero attached hydrogens (tertiary/aromatic N) is 1. The van der Waals surface area contributed by atoms with Crippen molar-refractivity contribution in [1.82, 2.24) is 10.3 Å². The lowest BCUT2D eigenvalue weighted by Gasteiger charge is -2.07. The summed E-state index contributed by atoms with van der Waals surface area (Å²) in [5.41, 5.74) is 1.51. The van der Waals surface area contributed by atoms with Crippen LogP contribution in [0.3, 0.4) is 0 Å². The maximum absolute atomic E-state index is 12.0. The molecule has 0 spiro atoms. The van der Waals surface area contributed by atoms with E-state index in [0.29, 0.717) is 12.1 Å². The highest BCUT2D eigenvalue weighted by atomic mass is 127. The van der Waals surface area contributed by atoms with Gasteiger partial charge in [0.25, 0.3) is 5.91 Å². The van der Waals surface area contributed by atoms with Crippen molar-refractivity contribution in [3.63, 3.8) is 0 Å². The molecule has 1 N–H and O–H groups in total. The number of hydrogen-bond donors (Lipinski definition) is 1. The van der Waals surface area contributed by atoms with Crippen LogP contribution in [0.25, 0.3) is 0 Å². The Labute approximate surface area is 127 Å². The van der Waals surface area contributed by atoms with Crippen molar-refractivity contribution in [2.24, 2.45) is 0 Å². The zero-order valence-electron chi connectivity index (χ0n) is 9.36. The van der Waals surface area contributed by atoms with Crippen molar-refractivity contribution in [2.75, 3.05) is 0 Å². The molecule has 1 aromatic heterocycles. The summed E-state index contributed by atoms with van der Waals surface area (Å²) in [5.74, 6) is -0.0913. The summed E-state index contributed by atoms with van der Waals surface area (Å²) < 4.78 is 1.82. The van der Waals surface area contributed by atoms with Gasteiger partial charge in [-0.05, 0) is 52.9 Å². The van der Waals surface area contributed by atoms with Gasteiger partial charge in [-0.15, -0.1) is 0 Å².